The molecule has 1 fully saturated rings. The van der Waals surface area contributed by atoms with Crippen molar-refractivity contribution in [1.82, 2.24) is 0 Å². The van der Waals surface area contributed by atoms with E-state index in [2.05, 4.69) is 45.0 Å². The number of benzene rings is 2. The van der Waals surface area contributed by atoms with E-state index in [0.717, 1.165) is 11.3 Å². The molecule has 1 atom stereocenters. The molecule has 3 rings (SSSR count). The van der Waals surface area contributed by atoms with Crippen LogP contribution >= 0.6 is 11.8 Å². The van der Waals surface area contributed by atoms with E-state index in [1.807, 2.05) is 0 Å². The number of hydrogen-bond acceptors (Lipinski definition) is 4. The van der Waals surface area contributed by atoms with E-state index in [1.54, 1.807) is 40.9 Å². The van der Waals surface area contributed by atoms with E-state index in [4.69, 9.17) is 4.74 Å². The zero-order valence-corrected chi connectivity index (χ0v) is 16.3. The quantitative estimate of drug-likeness (QED) is 0.745. The Kier molecular flexibility index (Phi) is 5.10. The number of carbonyl (C=O) groups is 2. The fraction of sp³-hybridized carbons (Fsp3) is 0.333. The molecule has 1 aliphatic rings. The molecule has 0 saturated carbocycles. The fourth-order valence-electron chi connectivity index (χ4n) is 2.97. The lowest BCUT2D eigenvalue weighted by Crippen LogP contribution is -2.27. The number of methoxy groups -OCH3 is 1. The summed E-state index contributed by atoms with van der Waals surface area (Å²) in [5.41, 5.74) is 3.73. The van der Waals surface area contributed by atoms with Crippen LogP contribution in [0.1, 0.15) is 47.6 Å². The topological polar surface area (TPSA) is 46.6 Å². The Morgan fingerprint density at radius 1 is 1.08 bits per heavy atom. The summed E-state index contributed by atoms with van der Waals surface area (Å²) >= 11 is 1.62. The first kappa shape index (κ1) is 18.5. The van der Waals surface area contributed by atoms with Crippen molar-refractivity contribution in [3.05, 3.63) is 65.2 Å². The first-order valence-electron chi connectivity index (χ1n) is 8.54. The molecule has 0 N–H and O–H groups in total. The van der Waals surface area contributed by atoms with Crippen molar-refractivity contribution in [3.63, 3.8) is 0 Å². The highest BCUT2D eigenvalue weighted by molar-refractivity contribution is 8.00. The number of nitrogens with zero attached hydrogens (tertiary/aromatic N) is 1. The van der Waals surface area contributed by atoms with Gasteiger partial charge in [0.2, 0.25) is 5.91 Å². The molecule has 5 heteroatoms. The second-order valence-electron chi connectivity index (χ2n) is 7.34. The molecule has 136 valence electrons. The van der Waals surface area contributed by atoms with Gasteiger partial charge in [-0.3, -0.25) is 9.69 Å². The van der Waals surface area contributed by atoms with Crippen molar-refractivity contribution in [2.24, 2.45) is 0 Å². The summed E-state index contributed by atoms with van der Waals surface area (Å²) < 4.78 is 4.73. The van der Waals surface area contributed by atoms with Crippen LogP contribution < -0.4 is 4.90 Å². The highest BCUT2D eigenvalue weighted by Gasteiger charge is 2.34. The third kappa shape index (κ3) is 3.63. The lowest BCUT2D eigenvalue weighted by atomic mass is 9.86. The lowest BCUT2D eigenvalue weighted by molar-refractivity contribution is -0.115. The highest BCUT2D eigenvalue weighted by Crippen LogP contribution is 2.42. The van der Waals surface area contributed by atoms with Gasteiger partial charge in [0.15, 0.2) is 0 Å². The van der Waals surface area contributed by atoms with Crippen LogP contribution in [-0.4, -0.2) is 24.7 Å². The summed E-state index contributed by atoms with van der Waals surface area (Å²) in [6, 6.07) is 15.5. The van der Waals surface area contributed by atoms with Gasteiger partial charge < -0.3 is 4.74 Å². The Bertz CT molecular complexity index is 807. The molecule has 1 unspecified atom stereocenters. The van der Waals surface area contributed by atoms with Gasteiger partial charge in [-0.2, -0.15) is 0 Å². The standard InChI is InChI=1S/C21H23NO3S/c1-21(2,3)16-9-5-14(6-10-16)19-22(18(23)13-26-19)17-11-7-15(8-12-17)20(24)25-4/h5-12,19H,13H2,1-4H3. The molecule has 1 amide bonds. The predicted molar refractivity (Wildman–Crippen MR) is 106 cm³/mol. The fourth-order valence-corrected chi connectivity index (χ4v) is 4.15. The van der Waals surface area contributed by atoms with Crippen LogP contribution in [0.5, 0.6) is 0 Å². The predicted octanol–water partition coefficient (Wildman–Crippen LogP) is 4.55. The van der Waals surface area contributed by atoms with Crippen molar-refractivity contribution in [1.29, 1.82) is 0 Å². The normalized spacial score (nSPS) is 17.5. The Labute approximate surface area is 158 Å². The van der Waals surface area contributed by atoms with Crippen molar-refractivity contribution < 1.29 is 14.3 Å². The zero-order valence-electron chi connectivity index (χ0n) is 15.5. The Morgan fingerprint density at radius 2 is 1.69 bits per heavy atom. The maximum absolute atomic E-state index is 12.5. The molecule has 1 heterocycles. The average molecular weight is 369 g/mol. The van der Waals surface area contributed by atoms with Crippen LogP contribution in [0.25, 0.3) is 0 Å². The van der Waals surface area contributed by atoms with Crippen LogP contribution in [0.15, 0.2) is 48.5 Å². The number of hydrogen-bond donors (Lipinski definition) is 0. The Morgan fingerprint density at radius 3 is 2.23 bits per heavy atom. The van der Waals surface area contributed by atoms with Gasteiger partial charge in [-0.1, -0.05) is 45.0 Å². The van der Waals surface area contributed by atoms with Gasteiger partial charge in [-0.15, -0.1) is 11.8 Å². The van der Waals surface area contributed by atoms with Gasteiger partial charge in [0, 0.05) is 5.69 Å². The number of rotatable bonds is 3. The van der Waals surface area contributed by atoms with Crippen molar-refractivity contribution in [3.8, 4) is 0 Å². The molecule has 0 aromatic heterocycles. The monoisotopic (exact) mass is 369 g/mol. The Hall–Kier alpha value is -2.27. The van der Waals surface area contributed by atoms with Gasteiger partial charge in [-0.25, -0.2) is 4.79 Å². The van der Waals surface area contributed by atoms with Crippen molar-refractivity contribution >= 4 is 29.3 Å². The van der Waals surface area contributed by atoms with E-state index >= 15 is 0 Å². The number of carbonyl (C=O) groups excluding carboxylic acids is 2. The molecule has 1 aliphatic heterocycles. The molecule has 0 radical (unpaired) electrons. The summed E-state index contributed by atoms with van der Waals surface area (Å²) in [5, 5.41) is -0.0551. The number of esters is 1. The summed E-state index contributed by atoms with van der Waals surface area (Å²) in [7, 11) is 1.36. The summed E-state index contributed by atoms with van der Waals surface area (Å²) in [5.74, 6) is 0.142. The van der Waals surface area contributed by atoms with Gasteiger partial charge >= 0.3 is 5.97 Å². The minimum absolute atomic E-state index is 0.0551. The van der Waals surface area contributed by atoms with E-state index in [9.17, 15) is 9.59 Å². The molecular weight excluding hydrogens is 346 g/mol. The molecule has 0 spiro atoms. The largest absolute Gasteiger partial charge is 0.465 e. The zero-order chi connectivity index (χ0) is 18.9. The smallest absolute Gasteiger partial charge is 0.337 e. The van der Waals surface area contributed by atoms with Crippen LogP contribution in [0.3, 0.4) is 0 Å². The van der Waals surface area contributed by atoms with E-state index in [0.29, 0.717) is 11.3 Å². The summed E-state index contributed by atoms with van der Waals surface area (Å²) in [4.78, 5) is 25.9. The second kappa shape index (κ2) is 7.16. The van der Waals surface area contributed by atoms with Crippen LogP contribution in [0.2, 0.25) is 0 Å². The molecule has 0 aliphatic carbocycles. The number of anilines is 1. The number of amides is 1. The van der Waals surface area contributed by atoms with Crippen molar-refractivity contribution in [2.75, 3.05) is 17.8 Å². The maximum atomic E-state index is 12.5. The summed E-state index contributed by atoms with van der Waals surface area (Å²) in [6.45, 7) is 6.56. The third-order valence-electron chi connectivity index (χ3n) is 4.50. The van der Waals surface area contributed by atoms with E-state index in [1.165, 1.54) is 12.7 Å². The average Bonchev–Trinajstić information content (AvgIpc) is 3.02. The molecular formula is C21H23NO3S. The minimum Gasteiger partial charge on any atom is -0.465 e. The minimum atomic E-state index is -0.381. The van der Waals surface area contributed by atoms with Gasteiger partial charge in [-0.05, 0) is 40.8 Å². The third-order valence-corrected chi connectivity index (χ3v) is 5.71. The summed E-state index contributed by atoms with van der Waals surface area (Å²) in [6.07, 6.45) is 0. The molecule has 4 nitrogen and oxygen atoms in total. The molecule has 0 bridgehead atoms. The van der Waals surface area contributed by atoms with E-state index in [-0.39, 0.29) is 22.7 Å². The second-order valence-corrected chi connectivity index (χ2v) is 8.41. The first-order valence-corrected chi connectivity index (χ1v) is 9.58. The molecule has 2 aromatic rings. The van der Waals surface area contributed by atoms with E-state index < -0.39 is 0 Å². The lowest BCUT2D eigenvalue weighted by Gasteiger charge is -2.25. The number of ether oxygens (including phenoxy) is 1. The SMILES string of the molecule is COC(=O)c1ccc(N2C(=O)CSC2c2ccc(C(C)(C)C)cc2)cc1. The van der Waals surface area contributed by atoms with Crippen LogP contribution in [0.4, 0.5) is 5.69 Å². The Balaban J connectivity index is 1.88. The van der Waals surface area contributed by atoms with Gasteiger partial charge in [0.1, 0.15) is 5.37 Å². The van der Waals surface area contributed by atoms with Crippen LogP contribution in [0, 0.1) is 0 Å². The number of thioether (sulfide) groups is 1. The van der Waals surface area contributed by atoms with Gasteiger partial charge in [0.25, 0.3) is 0 Å². The van der Waals surface area contributed by atoms with Gasteiger partial charge in [0.05, 0.1) is 18.4 Å². The molecule has 2 aromatic carbocycles. The van der Waals surface area contributed by atoms with Crippen LogP contribution in [-0.2, 0) is 14.9 Å². The highest BCUT2D eigenvalue weighted by atomic mass is 32.2. The first-order chi connectivity index (χ1) is 12.3. The molecule has 26 heavy (non-hydrogen) atoms. The molecule has 1 saturated heterocycles. The maximum Gasteiger partial charge on any atom is 0.337 e. The van der Waals surface area contributed by atoms with Crippen molar-refractivity contribution in [2.45, 2.75) is 31.6 Å².